The molecule has 1 unspecified atom stereocenters. The Kier molecular flexibility index (Phi) is 4.69. The van der Waals surface area contributed by atoms with E-state index in [9.17, 15) is 9.59 Å². The molecule has 3 nitrogen and oxygen atoms in total. The lowest BCUT2D eigenvalue weighted by Gasteiger charge is -2.42. The quantitative estimate of drug-likeness (QED) is 0.579. The minimum atomic E-state index is -0.201. The summed E-state index contributed by atoms with van der Waals surface area (Å²) in [7, 11) is 0. The maximum absolute atomic E-state index is 13.2. The molecule has 0 saturated heterocycles. The first-order chi connectivity index (χ1) is 12.7. The number of anilines is 1. The Morgan fingerprint density at radius 3 is 2.44 bits per heavy atom. The first-order valence-electron chi connectivity index (χ1n) is 8.82. The number of halogens is 2. The number of nitrogens with zero attached hydrogens (tertiary/aromatic N) is 1. The van der Waals surface area contributed by atoms with Gasteiger partial charge in [-0.05, 0) is 52.4 Å². The Morgan fingerprint density at radius 2 is 1.81 bits per heavy atom. The molecule has 1 amide bonds. The molecule has 0 bridgehead atoms. The van der Waals surface area contributed by atoms with Crippen molar-refractivity contribution in [3.63, 3.8) is 0 Å². The number of hydrogen-bond donors (Lipinski definition) is 0. The molecule has 2 aromatic rings. The van der Waals surface area contributed by atoms with Crippen molar-refractivity contribution in [3.8, 4) is 0 Å². The molecule has 1 aliphatic carbocycles. The maximum Gasteiger partial charge on any atom is 0.232 e. The van der Waals surface area contributed by atoms with Crippen LogP contribution >= 0.6 is 34.5 Å². The molecule has 0 saturated carbocycles. The fraction of sp³-hybridized carbons (Fsp3) is 0.333. The summed E-state index contributed by atoms with van der Waals surface area (Å²) in [5.74, 6) is -0.0786. The van der Waals surface area contributed by atoms with Gasteiger partial charge in [-0.1, -0.05) is 37.0 Å². The SMILES string of the molecule is CC1(C)CC(=O)C2=C(C1)N(c1cc(Cl)cc(Cl)c1)C(=O)CC2c1ccsc1. The average Bonchev–Trinajstić information content (AvgIpc) is 3.05. The molecule has 1 aromatic carbocycles. The molecule has 0 spiro atoms. The molecule has 1 aromatic heterocycles. The van der Waals surface area contributed by atoms with Gasteiger partial charge in [-0.15, -0.1) is 0 Å². The van der Waals surface area contributed by atoms with E-state index in [1.165, 1.54) is 0 Å². The molecule has 140 valence electrons. The van der Waals surface area contributed by atoms with Gasteiger partial charge in [0.15, 0.2) is 5.78 Å². The minimum Gasteiger partial charge on any atom is -0.294 e. The molecule has 0 radical (unpaired) electrons. The van der Waals surface area contributed by atoms with Crippen molar-refractivity contribution >= 4 is 51.9 Å². The Hall–Kier alpha value is -1.62. The van der Waals surface area contributed by atoms with E-state index in [0.29, 0.717) is 28.6 Å². The van der Waals surface area contributed by atoms with Gasteiger partial charge in [-0.2, -0.15) is 11.3 Å². The summed E-state index contributed by atoms with van der Waals surface area (Å²) in [6.45, 7) is 4.13. The van der Waals surface area contributed by atoms with Gasteiger partial charge in [-0.3, -0.25) is 14.5 Å². The molecule has 0 N–H and O–H groups in total. The molecule has 0 fully saturated rings. The number of ketones is 1. The zero-order valence-electron chi connectivity index (χ0n) is 15.1. The van der Waals surface area contributed by atoms with Gasteiger partial charge < -0.3 is 0 Å². The predicted molar refractivity (Wildman–Crippen MR) is 111 cm³/mol. The van der Waals surface area contributed by atoms with Gasteiger partial charge >= 0.3 is 0 Å². The van der Waals surface area contributed by atoms with Crippen LogP contribution in [0.2, 0.25) is 10.0 Å². The highest BCUT2D eigenvalue weighted by Crippen LogP contribution is 2.48. The van der Waals surface area contributed by atoms with E-state index in [2.05, 4.69) is 13.8 Å². The molecule has 1 aliphatic heterocycles. The van der Waals surface area contributed by atoms with Crippen LogP contribution in [-0.2, 0) is 9.59 Å². The Bertz CT molecular complexity index is 942. The van der Waals surface area contributed by atoms with Gasteiger partial charge in [0.2, 0.25) is 5.91 Å². The van der Waals surface area contributed by atoms with Gasteiger partial charge in [0.05, 0.1) is 5.69 Å². The van der Waals surface area contributed by atoms with Crippen molar-refractivity contribution in [1.82, 2.24) is 0 Å². The number of Topliss-reactive ketones (excluding diaryl/α,β-unsaturated/α-hetero) is 1. The summed E-state index contributed by atoms with van der Waals surface area (Å²) in [6.07, 6.45) is 1.42. The van der Waals surface area contributed by atoms with E-state index >= 15 is 0 Å². The fourth-order valence-corrected chi connectivity index (χ4v) is 5.37. The largest absolute Gasteiger partial charge is 0.294 e. The van der Waals surface area contributed by atoms with E-state index in [1.54, 1.807) is 34.4 Å². The lowest BCUT2D eigenvalue weighted by molar-refractivity contribution is -0.121. The lowest BCUT2D eigenvalue weighted by Crippen LogP contribution is -2.43. The Labute approximate surface area is 172 Å². The van der Waals surface area contributed by atoms with E-state index in [-0.39, 0.29) is 29.4 Å². The van der Waals surface area contributed by atoms with E-state index in [1.807, 2.05) is 16.8 Å². The normalized spacial score (nSPS) is 22.2. The number of rotatable bonds is 2. The molecule has 6 heteroatoms. The van der Waals surface area contributed by atoms with Crippen molar-refractivity contribution in [3.05, 3.63) is 61.9 Å². The van der Waals surface area contributed by atoms with Crippen LogP contribution in [0, 0.1) is 5.41 Å². The van der Waals surface area contributed by atoms with Gasteiger partial charge in [-0.25, -0.2) is 0 Å². The third-order valence-corrected chi connectivity index (χ3v) is 6.33. The van der Waals surface area contributed by atoms with Crippen molar-refractivity contribution in [2.24, 2.45) is 5.41 Å². The van der Waals surface area contributed by atoms with Crippen molar-refractivity contribution < 1.29 is 9.59 Å². The maximum atomic E-state index is 13.2. The lowest BCUT2D eigenvalue weighted by atomic mass is 9.69. The minimum absolute atomic E-state index is 0.0335. The summed E-state index contributed by atoms with van der Waals surface area (Å²) in [5, 5.41) is 4.95. The van der Waals surface area contributed by atoms with Gasteiger partial charge in [0.25, 0.3) is 0 Å². The van der Waals surface area contributed by atoms with Crippen LogP contribution in [0.15, 0.2) is 46.3 Å². The molecule has 4 rings (SSSR count). The highest BCUT2D eigenvalue weighted by molar-refractivity contribution is 7.08. The Morgan fingerprint density at radius 1 is 1.11 bits per heavy atom. The number of carbonyl (C=O) groups is 2. The molecule has 27 heavy (non-hydrogen) atoms. The predicted octanol–water partition coefficient (Wildman–Crippen LogP) is 6.22. The smallest absolute Gasteiger partial charge is 0.232 e. The molecule has 2 aliphatic rings. The van der Waals surface area contributed by atoms with Crippen molar-refractivity contribution in [2.75, 3.05) is 4.90 Å². The summed E-state index contributed by atoms with van der Waals surface area (Å²) >= 11 is 13.9. The number of benzene rings is 1. The monoisotopic (exact) mass is 419 g/mol. The second-order valence-electron chi connectivity index (χ2n) is 7.97. The highest BCUT2D eigenvalue weighted by Gasteiger charge is 2.44. The third-order valence-electron chi connectivity index (χ3n) is 5.19. The van der Waals surface area contributed by atoms with Crippen molar-refractivity contribution in [2.45, 2.75) is 39.0 Å². The number of thiophene rings is 1. The van der Waals surface area contributed by atoms with Crippen LogP contribution in [0.5, 0.6) is 0 Å². The molecular formula is C21H19Cl2NO2S. The molecule has 1 atom stereocenters. The zero-order chi connectivity index (χ0) is 19.3. The van der Waals surface area contributed by atoms with Crippen LogP contribution < -0.4 is 4.90 Å². The molecule has 2 heterocycles. The van der Waals surface area contributed by atoms with Gasteiger partial charge in [0.1, 0.15) is 0 Å². The third kappa shape index (κ3) is 3.46. The van der Waals surface area contributed by atoms with Crippen LogP contribution in [0.1, 0.15) is 44.6 Å². The van der Waals surface area contributed by atoms with Gasteiger partial charge in [0, 0.05) is 40.1 Å². The number of amides is 1. The standard InChI is InChI=1S/C21H19Cl2NO2S/c1-21(2)9-17-20(18(25)10-21)16(12-3-4-27-11-12)8-19(26)24(17)15-6-13(22)5-14(23)7-15/h3-7,11,16H,8-10H2,1-2H3. The topological polar surface area (TPSA) is 37.4 Å². The number of carbonyl (C=O) groups excluding carboxylic acids is 2. The van der Waals surface area contributed by atoms with E-state index in [0.717, 1.165) is 16.8 Å². The zero-order valence-corrected chi connectivity index (χ0v) is 17.4. The Balaban J connectivity index is 1.92. The van der Waals surface area contributed by atoms with E-state index < -0.39 is 0 Å². The highest BCUT2D eigenvalue weighted by atomic mass is 35.5. The van der Waals surface area contributed by atoms with E-state index in [4.69, 9.17) is 23.2 Å². The second kappa shape index (κ2) is 6.77. The van der Waals surface area contributed by atoms with Crippen molar-refractivity contribution in [1.29, 1.82) is 0 Å². The summed E-state index contributed by atoms with van der Waals surface area (Å²) < 4.78 is 0. The first-order valence-corrected chi connectivity index (χ1v) is 10.5. The first kappa shape index (κ1) is 18.7. The summed E-state index contributed by atoms with van der Waals surface area (Å²) in [5.41, 5.74) is 3.02. The fourth-order valence-electron chi connectivity index (χ4n) is 4.14. The molecular weight excluding hydrogens is 401 g/mol. The average molecular weight is 420 g/mol. The number of hydrogen-bond acceptors (Lipinski definition) is 3. The van der Waals surface area contributed by atoms with Crippen LogP contribution in [0.3, 0.4) is 0 Å². The van der Waals surface area contributed by atoms with Crippen LogP contribution in [0.25, 0.3) is 0 Å². The van der Waals surface area contributed by atoms with Crippen LogP contribution in [-0.4, -0.2) is 11.7 Å². The number of allylic oxidation sites excluding steroid dienone is 2. The summed E-state index contributed by atoms with van der Waals surface area (Å²) in [4.78, 5) is 28.0. The van der Waals surface area contributed by atoms with Crippen LogP contribution in [0.4, 0.5) is 5.69 Å². The second-order valence-corrected chi connectivity index (χ2v) is 9.62. The summed E-state index contributed by atoms with van der Waals surface area (Å²) in [6, 6.07) is 7.10.